The summed E-state index contributed by atoms with van der Waals surface area (Å²) >= 11 is 0. The molecule has 0 fully saturated rings. The van der Waals surface area contributed by atoms with Gasteiger partial charge in [-0.3, -0.25) is 32.5 Å². The van der Waals surface area contributed by atoms with Crippen LogP contribution >= 0.6 is 15.6 Å². The summed E-state index contributed by atoms with van der Waals surface area (Å²) in [5, 5.41) is 20.8. The van der Waals surface area contributed by atoms with Crippen molar-refractivity contribution in [1.82, 2.24) is 0 Å². The Morgan fingerprint density at radius 2 is 0.417 bits per heavy atom. The number of rotatable bonds is 98. The van der Waals surface area contributed by atoms with Crippen molar-refractivity contribution in [2.45, 2.75) is 476 Å². The lowest BCUT2D eigenvalue weighted by atomic mass is 10.0. The molecule has 0 heterocycles. The van der Waals surface area contributed by atoms with Crippen LogP contribution in [-0.2, 0) is 55.8 Å². The largest absolute Gasteiger partial charge is 0.472 e. The van der Waals surface area contributed by atoms with E-state index in [0.717, 1.165) is 154 Å². The summed E-state index contributed by atoms with van der Waals surface area (Å²) in [4.78, 5) is 59.2. The highest BCUT2D eigenvalue weighted by Gasteiger charge is 2.30. The summed E-state index contributed by atoms with van der Waals surface area (Å²) in [7, 11) is -9.82. The Balaban J connectivity index is 4.60. The van der Waals surface area contributed by atoms with Gasteiger partial charge in [0.25, 0.3) is 0 Å². The quantitative estimate of drug-likeness (QED) is 0.0146. The predicted octanol–water partition coefficient (Wildman–Crippen LogP) is 32.8. The number of aliphatic hydroxyl groups is 2. The van der Waals surface area contributed by atoms with Crippen molar-refractivity contribution < 1.29 is 75.8 Å². The van der Waals surface area contributed by atoms with E-state index in [1.807, 2.05) is 0 Å². The van der Waals surface area contributed by atoms with E-state index in [2.05, 4.69) is 179 Å². The number of ether oxygens (including phenoxy) is 3. The van der Waals surface area contributed by atoms with Crippen LogP contribution in [0.5, 0.6) is 0 Å². The first-order valence-electron chi connectivity index (χ1n) is 51.8. The topological polar surface area (TPSA) is 231 Å². The molecule has 5 atom stereocenters. The summed E-state index contributed by atoms with van der Waals surface area (Å²) in [6, 6.07) is 0. The minimum atomic E-state index is -4.95. The first-order valence-corrected chi connectivity index (χ1v) is 54.8. The fourth-order valence-corrected chi connectivity index (χ4v) is 16.0. The standard InChI is InChI=1S/C109H190O16P2/c1-4-7-10-13-16-19-22-25-28-31-34-37-40-43-46-49-50-51-52-55-57-59-62-65-68-71-74-77-80-83-86-89-92-95-107(112)119-98-104(110)99-121-126(115,116)122-100-105(111)101-123-127(117,118)124-103-106(125-109(114)97-94-91-88-85-82-79-76-73-70-67-64-61-58-54-48-45-42-39-36-33-30-27-24-21-18-15-12-9-6-3)102-120-108(113)96-93-90-87-84-81-78-75-72-69-66-63-60-56-53-47-44-41-38-35-32-29-26-23-20-17-14-11-8-5-2/h8,11,16-21,25-30,34-39,43-48,104-106,110-111H,4-7,9-10,12-15,22-24,31-33,40-42,49-103H2,1-3H3,(H,115,116)(H,117,118)/b11-8-,19-16-,20-17-,21-18-,28-25-,29-26-,30-27-,37-34-,38-35-,39-36-,46-43-,47-44-,48-45-. The van der Waals surface area contributed by atoms with Crippen LogP contribution in [0.4, 0.5) is 0 Å². The highest BCUT2D eigenvalue weighted by atomic mass is 31.2. The van der Waals surface area contributed by atoms with E-state index in [4.69, 9.17) is 32.3 Å². The number of hydrogen-bond acceptors (Lipinski definition) is 14. The SMILES string of the molecule is CC/C=C\C/C=C\C/C=C\C/C=C\C/C=C\CCCCCCCCCCCCCCCC(=O)OCC(COP(=O)(O)OCC(O)COP(=O)(O)OCC(O)COC(=O)CCCCCCCCCCCCCCCCCCC/C=C\C/C=C\C/C=C\C/C=C\CCCCC)OC(=O)CCCCCCCCCCCCCCC/C=C\C/C=C\C/C=C\C/C=C\CCCCC. The number of aliphatic hydroxyl groups excluding tert-OH is 2. The average molecular weight is 1820 g/mol. The minimum Gasteiger partial charge on any atom is -0.463 e. The zero-order valence-corrected chi connectivity index (χ0v) is 82.9. The molecule has 0 aromatic carbocycles. The van der Waals surface area contributed by atoms with Crippen LogP contribution < -0.4 is 0 Å². The fraction of sp³-hybridized carbons (Fsp3) is 0.734. The fourth-order valence-electron chi connectivity index (χ4n) is 14.4. The van der Waals surface area contributed by atoms with Crippen molar-refractivity contribution in [1.29, 1.82) is 0 Å². The van der Waals surface area contributed by atoms with Gasteiger partial charge in [-0.1, -0.05) is 442 Å². The summed E-state index contributed by atoms with van der Waals surface area (Å²) in [6.07, 6.45) is 130. The maximum absolute atomic E-state index is 13.1. The van der Waals surface area contributed by atoms with Crippen molar-refractivity contribution in [3.05, 3.63) is 158 Å². The Kier molecular flexibility index (Phi) is 96.4. The maximum Gasteiger partial charge on any atom is 0.472 e. The van der Waals surface area contributed by atoms with Crippen molar-refractivity contribution in [3.63, 3.8) is 0 Å². The van der Waals surface area contributed by atoms with E-state index >= 15 is 0 Å². The van der Waals surface area contributed by atoms with Crippen LogP contribution in [0.2, 0.25) is 0 Å². The molecular weight excluding hydrogens is 1630 g/mol. The first-order chi connectivity index (χ1) is 62.2. The van der Waals surface area contributed by atoms with Crippen LogP contribution in [-0.4, -0.2) is 95.9 Å². The molecule has 0 amide bonds. The minimum absolute atomic E-state index is 0.101. The zero-order chi connectivity index (χ0) is 92.1. The lowest BCUT2D eigenvalue weighted by molar-refractivity contribution is -0.161. The molecular formula is C109H190O16P2. The third kappa shape index (κ3) is 102. The molecule has 0 saturated heterocycles. The van der Waals surface area contributed by atoms with E-state index in [9.17, 15) is 43.5 Å². The Hall–Kier alpha value is -4.83. The summed E-state index contributed by atoms with van der Waals surface area (Å²) in [5.74, 6) is -1.56. The van der Waals surface area contributed by atoms with Crippen LogP contribution in [0.15, 0.2) is 158 Å². The second-order valence-corrected chi connectivity index (χ2v) is 37.5. The number of allylic oxidation sites excluding steroid dienone is 26. The number of phosphoric ester groups is 2. The van der Waals surface area contributed by atoms with E-state index in [1.54, 1.807) is 0 Å². The number of unbranched alkanes of at least 4 members (excludes halogenated alkanes) is 49. The molecule has 0 aromatic rings. The normalized spacial score (nSPS) is 14.3. The molecule has 5 unspecified atom stereocenters. The molecule has 0 rings (SSSR count). The molecule has 732 valence electrons. The van der Waals surface area contributed by atoms with Crippen LogP contribution in [0, 0.1) is 0 Å². The molecule has 4 N–H and O–H groups in total. The number of carbonyl (C=O) groups is 3. The smallest absolute Gasteiger partial charge is 0.463 e. The van der Waals surface area contributed by atoms with Gasteiger partial charge < -0.3 is 34.2 Å². The molecule has 0 aromatic heterocycles. The van der Waals surface area contributed by atoms with Gasteiger partial charge in [-0.2, -0.15) is 0 Å². The van der Waals surface area contributed by atoms with Gasteiger partial charge in [0.05, 0.1) is 26.4 Å². The van der Waals surface area contributed by atoms with Gasteiger partial charge >= 0.3 is 33.6 Å². The van der Waals surface area contributed by atoms with Gasteiger partial charge in [0.1, 0.15) is 25.4 Å². The average Bonchev–Trinajstić information content (AvgIpc) is 0.899. The Labute approximate surface area is 778 Å². The maximum atomic E-state index is 13.1. The molecule has 0 radical (unpaired) electrons. The molecule has 0 bridgehead atoms. The van der Waals surface area contributed by atoms with Gasteiger partial charge in [-0.15, -0.1) is 0 Å². The van der Waals surface area contributed by atoms with E-state index < -0.39 is 91.5 Å². The van der Waals surface area contributed by atoms with Crippen LogP contribution in [0.25, 0.3) is 0 Å². The Morgan fingerprint density at radius 3 is 0.661 bits per heavy atom. The van der Waals surface area contributed by atoms with Crippen molar-refractivity contribution in [3.8, 4) is 0 Å². The lowest BCUT2D eigenvalue weighted by Crippen LogP contribution is -2.30. The van der Waals surface area contributed by atoms with Gasteiger partial charge in [-0.05, 0) is 154 Å². The number of esters is 3. The van der Waals surface area contributed by atoms with Crippen LogP contribution in [0.3, 0.4) is 0 Å². The van der Waals surface area contributed by atoms with Gasteiger partial charge in [0.2, 0.25) is 0 Å². The zero-order valence-electron chi connectivity index (χ0n) is 81.2. The van der Waals surface area contributed by atoms with Crippen LogP contribution in [0.1, 0.15) is 457 Å². The van der Waals surface area contributed by atoms with E-state index in [-0.39, 0.29) is 19.3 Å². The van der Waals surface area contributed by atoms with Crippen molar-refractivity contribution >= 4 is 33.6 Å². The Bertz CT molecular complexity index is 2940. The van der Waals surface area contributed by atoms with E-state index in [0.29, 0.717) is 19.3 Å². The Morgan fingerprint density at radius 1 is 0.228 bits per heavy atom. The number of phosphoric acid groups is 2. The molecule has 0 saturated carbocycles. The highest BCUT2D eigenvalue weighted by molar-refractivity contribution is 7.47. The number of hydrogen-bond donors (Lipinski definition) is 4. The molecule has 16 nitrogen and oxygen atoms in total. The highest BCUT2D eigenvalue weighted by Crippen LogP contribution is 2.45. The van der Waals surface area contributed by atoms with E-state index in [1.165, 1.54) is 244 Å². The number of carbonyl (C=O) groups excluding carboxylic acids is 3. The molecule has 0 aliphatic carbocycles. The summed E-state index contributed by atoms with van der Waals surface area (Å²) in [6.45, 7) is 2.60. The molecule has 0 spiro atoms. The van der Waals surface area contributed by atoms with Gasteiger partial charge in [-0.25, -0.2) is 9.13 Å². The molecule has 0 aliphatic heterocycles. The monoisotopic (exact) mass is 1820 g/mol. The molecule has 0 aliphatic rings. The van der Waals surface area contributed by atoms with Gasteiger partial charge in [0, 0.05) is 19.3 Å². The van der Waals surface area contributed by atoms with Crippen molar-refractivity contribution in [2.75, 3.05) is 39.6 Å². The predicted molar refractivity (Wildman–Crippen MR) is 537 cm³/mol. The third-order valence-corrected chi connectivity index (χ3v) is 24.1. The second-order valence-electron chi connectivity index (χ2n) is 34.6. The lowest BCUT2D eigenvalue weighted by Gasteiger charge is -2.21. The third-order valence-electron chi connectivity index (χ3n) is 22.2. The summed E-state index contributed by atoms with van der Waals surface area (Å²) in [5.41, 5.74) is 0. The molecule has 127 heavy (non-hydrogen) atoms. The first kappa shape index (κ1) is 122. The summed E-state index contributed by atoms with van der Waals surface area (Å²) < 4.78 is 61.7. The van der Waals surface area contributed by atoms with Gasteiger partial charge in [0.15, 0.2) is 6.10 Å². The second kappa shape index (κ2) is 100. The van der Waals surface area contributed by atoms with Crippen molar-refractivity contribution in [2.24, 2.45) is 0 Å². The molecule has 18 heteroatoms.